The van der Waals surface area contributed by atoms with Crippen LogP contribution in [0, 0.1) is 23.7 Å². The first kappa shape index (κ1) is 14.9. The van der Waals surface area contributed by atoms with E-state index in [1.165, 1.54) is 25.7 Å². The van der Waals surface area contributed by atoms with Crippen molar-refractivity contribution in [3.8, 4) is 0 Å². The minimum Gasteiger partial charge on any atom is -0.512 e. The summed E-state index contributed by atoms with van der Waals surface area (Å²) < 4.78 is 0. The van der Waals surface area contributed by atoms with E-state index < -0.39 is 0 Å². The number of aliphatic hydroxyl groups excluding tert-OH is 1. The molecule has 3 aliphatic rings. The Labute approximate surface area is 127 Å². The zero-order chi connectivity index (χ0) is 12.5. The maximum absolute atomic E-state index is 12.1. The van der Waals surface area contributed by atoms with Crippen LogP contribution in [-0.2, 0) is 23.4 Å². The van der Waals surface area contributed by atoms with E-state index in [0.29, 0.717) is 17.6 Å². The Bertz CT molecular complexity index is 394. The fourth-order valence-electron chi connectivity index (χ4n) is 3.88. The first-order chi connectivity index (χ1) is 8.74. The fraction of sp³-hybridized carbons (Fsp3) is 0.688. The van der Waals surface area contributed by atoms with Crippen LogP contribution in [0.5, 0.6) is 0 Å². The molecule has 3 atom stereocenters. The molecule has 2 bridgehead atoms. The van der Waals surface area contributed by atoms with Gasteiger partial charge in [-0.2, -0.15) is 0 Å². The molecule has 0 saturated heterocycles. The van der Waals surface area contributed by atoms with Gasteiger partial charge in [0.2, 0.25) is 0 Å². The Morgan fingerprint density at radius 1 is 1.11 bits per heavy atom. The van der Waals surface area contributed by atoms with Gasteiger partial charge in [0, 0.05) is 36.5 Å². The Kier molecular flexibility index (Phi) is 4.97. The summed E-state index contributed by atoms with van der Waals surface area (Å²) in [5.74, 6) is 2.02. The standard InChI is InChI=1S/C16H22O2.V/c17-15(12-4-2-1-3-5-12)10-16(18)14-9-11-6-7-13(14)8-11;/h6-7,10-14,18H,1-5,8-9H2;/b16-10-;. The summed E-state index contributed by atoms with van der Waals surface area (Å²) in [4.78, 5) is 12.1. The molecule has 0 amide bonds. The van der Waals surface area contributed by atoms with Crippen molar-refractivity contribution in [2.24, 2.45) is 23.7 Å². The first-order valence-corrected chi connectivity index (χ1v) is 7.37. The third-order valence-corrected chi connectivity index (χ3v) is 4.96. The number of allylic oxidation sites excluding steroid dienone is 4. The van der Waals surface area contributed by atoms with Gasteiger partial charge in [-0.15, -0.1) is 0 Å². The predicted molar refractivity (Wildman–Crippen MR) is 71.1 cm³/mol. The predicted octanol–water partition coefficient (Wildman–Crippen LogP) is 3.79. The number of hydrogen-bond donors (Lipinski definition) is 1. The molecule has 0 aromatic rings. The van der Waals surface area contributed by atoms with E-state index in [4.69, 9.17) is 0 Å². The normalized spacial score (nSPS) is 34.3. The quantitative estimate of drug-likeness (QED) is 0.489. The smallest absolute Gasteiger partial charge is 0.162 e. The molecule has 2 saturated carbocycles. The van der Waals surface area contributed by atoms with Crippen LogP contribution in [-0.4, -0.2) is 10.9 Å². The van der Waals surface area contributed by atoms with Crippen molar-refractivity contribution in [1.29, 1.82) is 0 Å². The maximum Gasteiger partial charge on any atom is 0.162 e. The number of fused-ring (bicyclic) bond motifs is 2. The van der Waals surface area contributed by atoms with Crippen LogP contribution < -0.4 is 0 Å². The van der Waals surface area contributed by atoms with Crippen molar-refractivity contribution < 1.29 is 28.5 Å². The molecule has 0 aromatic carbocycles. The van der Waals surface area contributed by atoms with Crippen LogP contribution in [0.25, 0.3) is 0 Å². The molecule has 0 heterocycles. The van der Waals surface area contributed by atoms with Gasteiger partial charge in [-0.25, -0.2) is 0 Å². The van der Waals surface area contributed by atoms with E-state index in [-0.39, 0.29) is 36.2 Å². The molecule has 19 heavy (non-hydrogen) atoms. The van der Waals surface area contributed by atoms with Gasteiger partial charge < -0.3 is 5.11 Å². The summed E-state index contributed by atoms with van der Waals surface area (Å²) in [5.41, 5.74) is 0. The summed E-state index contributed by atoms with van der Waals surface area (Å²) in [5, 5.41) is 10.2. The molecular formula is C16H22O2V. The summed E-state index contributed by atoms with van der Waals surface area (Å²) >= 11 is 0. The van der Waals surface area contributed by atoms with Gasteiger partial charge >= 0.3 is 0 Å². The topological polar surface area (TPSA) is 37.3 Å². The van der Waals surface area contributed by atoms with Gasteiger partial charge in [0.05, 0.1) is 5.76 Å². The monoisotopic (exact) mass is 297 g/mol. The van der Waals surface area contributed by atoms with Gasteiger partial charge in [-0.1, -0.05) is 31.4 Å². The first-order valence-electron chi connectivity index (χ1n) is 7.37. The average Bonchev–Trinajstić information content (AvgIpc) is 3.02. The minimum absolute atomic E-state index is 0. The van der Waals surface area contributed by atoms with E-state index in [1.54, 1.807) is 6.08 Å². The van der Waals surface area contributed by atoms with Crippen molar-refractivity contribution in [3.05, 3.63) is 24.0 Å². The summed E-state index contributed by atoms with van der Waals surface area (Å²) in [6.07, 6.45) is 13.8. The van der Waals surface area contributed by atoms with Gasteiger partial charge in [-0.05, 0) is 37.5 Å². The van der Waals surface area contributed by atoms with E-state index in [2.05, 4.69) is 12.2 Å². The molecule has 0 spiro atoms. The molecule has 3 rings (SSSR count). The van der Waals surface area contributed by atoms with Gasteiger partial charge in [0.25, 0.3) is 0 Å². The van der Waals surface area contributed by atoms with E-state index in [1.807, 2.05) is 0 Å². The van der Waals surface area contributed by atoms with Gasteiger partial charge in [0.1, 0.15) is 0 Å². The second-order valence-electron chi connectivity index (χ2n) is 6.19. The van der Waals surface area contributed by atoms with E-state index in [9.17, 15) is 9.90 Å². The molecule has 3 unspecified atom stereocenters. The van der Waals surface area contributed by atoms with Crippen LogP contribution in [0.1, 0.15) is 44.9 Å². The van der Waals surface area contributed by atoms with Gasteiger partial charge in [0.15, 0.2) is 5.78 Å². The summed E-state index contributed by atoms with van der Waals surface area (Å²) in [7, 11) is 0. The number of ketones is 1. The zero-order valence-corrected chi connectivity index (χ0v) is 12.7. The van der Waals surface area contributed by atoms with Crippen molar-refractivity contribution in [2.45, 2.75) is 44.9 Å². The van der Waals surface area contributed by atoms with Crippen LogP contribution in [0.15, 0.2) is 24.0 Å². The Morgan fingerprint density at radius 3 is 2.42 bits per heavy atom. The number of hydrogen-bond acceptors (Lipinski definition) is 2. The van der Waals surface area contributed by atoms with Crippen LogP contribution in [0.4, 0.5) is 0 Å². The van der Waals surface area contributed by atoms with Crippen LogP contribution >= 0.6 is 0 Å². The van der Waals surface area contributed by atoms with Crippen LogP contribution in [0.2, 0.25) is 0 Å². The molecule has 2 fully saturated rings. The maximum atomic E-state index is 12.1. The molecule has 1 N–H and O–H groups in total. The molecule has 0 aliphatic heterocycles. The minimum atomic E-state index is 0. The number of carbonyl (C=O) groups is 1. The number of rotatable bonds is 3. The third kappa shape index (κ3) is 3.17. The third-order valence-electron chi connectivity index (χ3n) is 4.96. The number of carbonyl (C=O) groups excluding carboxylic acids is 1. The Hall–Kier alpha value is -0.466. The van der Waals surface area contributed by atoms with Crippen molar-refractivity contribution in [2.75, 3.05) is 0 Å². The van der Waals surface area contributed by atoms with E-state index in [0.717, 1.165) is 19.3 Å². The molecule has 103 valence electrons. The summed E-state index contributed by atoms with van der Waals surface area (Å²) in [6, 6.07) is 0. The number of aliphatic hydroxyl groups is 1. The fourth-order valence-corrected chi connectivity index (χ4v) is 3.88. The average molecular weight is 297 g/mol. The Morgan fingerprint density at radius 2 is 1.84 bits per heavy atom. The van der Waals surface area contributed by atoms with E-state index >= 15 is 0 Å². The molecule has 3 aliphatic carbocycles. The zero-order valence-electron chi connectivity index (χ0n) is 11.3. The van der Waals surface area contributed by atoms with Crippen molar-refractivity contribution in [1.82, 2.24) is 0 Å². The SMILES string of the molecule is O=C(/C=C(\O)C1CC2C=CC1C2)C1CCCCC1.[V]. The van der Waals surface area contributed by atoms with Crippen molar-refractivity contribution >= 4 is 5.78 Å². The molecule has 2 nitrogen and oxygen atoms in total. The van der Waals surface area contributed by atoms with Crippen LogP contribution in [0.3, 0.4) is 0 Å². The van der Waals surface area contributed by atoms with Crippen molar-refractivity contribution in [3.63, 3.8) is 0 Å². The van der Waals surface area contributed by atoms with Gasteiger partial charge in [-0.3, -0.25) is 4.79 Å². The second kappa shape index (κ2) is 6.32. The molecule has 0 aromatic heterocycles. The molecular weight excluding hydrogens is 275 g/mol. The Balaban J connectivity index is 0.00000133. The summed E-state index contributed by atoms with van der Waals surface area (Å²) in [6.45, 7) is 0. The largest absolute Gasteiger partial charge is 0.512 e. The molecule has 3 heteroatoms. The second-order valence-corrected chi connectivity index (χ2v) is 6.19. The molecule has 1 radical (unpaired) electrons.